The number of nitrogens with zero attached hydrogens (tertiary/aromatic N) is 2. The maximum atomic E-state index is 6.01. The van der Waals surface area contributed by atoms with Crippen LogP contribution in [-0.2, 0) is 0 Å². The molecule has 1 atom stereocenters. The third kappa shape index (κ3) is 2.64. The fourth-order valence-corrected chi connectivity index (χ4v) is 2.50. The smallest absolute Gasteiger partial charge is 0.0537 e. The molecule has 1 saturated carbocycles. The second-order valence-corrected chi connectivity index (χ2v) is 4.91. The Balaban J connectivity index is 2.05. The Hall–Kier alpha value is -0.830. The second kappa shape index (κ2) is 5.48. The van der Waals surface area contributed by atoms with Crippen LogP contribution < -0.4 is 5.73 Å². The van der Waals surface area contributed by atoms with E-state index < -0.39 is 0 Å². The van der Waals surface area contributed by atoms with Crippen molar-refractivity contribution in [3.63, 3.8) is 0 Å². The van der Waals surface area contributed by atoms with Gasteiger partial charge in [0.2, 0.25) is 0 Å². The standard InChI is InChI=1S/C13H23N3/c1-2-13(14)11-9-15-16(10-11)12-7-5-3-4-6-8-12/h9-10,12-13H,2-8,14H2,1H3. The van der Waals surface area contributed by atoms with Crippen molar-refractivity contribution >= 4 is 0 Å². The molecule has 1 fully saturated rings. The van der Waals surface area contributed by atoms with Gasteiger partial charge in [0.25, 0.3) is 0 Å². The molecule has 1 aromatic heterocycles. The molecule has 0 bridgehead atoms. The van der Waals surface area contributed by atoms with Gasteiger partial charge in [-0.1, -0.05) is 32.6 Å². The van der Waals surface area contributed by atoms with Gasteiger partial charge in [-0.2, -0.15) is 5.10 Å². The molecule has 2 N–H and O–H groups in total. The average Bonchev–Trinajstić information content (AvgIpc) is 2.64. The fraction of sp³-hybridized carbons (Fsp3) is 0.769. The van der Waals surface area contributed by atoms with Crippen LogP contribution in [0.25, 0.3) is 0 Å². The Morgan fingerprint density at radius 2 is 2.06 bits per heavy atom. The lowest BCUT2D eigenvalue weighted by Crippen LogP contribution is -2.10. The van der Waals surface area contributed by atoms with Crippen LogP contribution in [0.1, 0.15) is 69.5 Å². The van der Waals surface area contributed by atoms with Gasteiger partial charge in [0.1, 0.15) is 0 Å². The molecule has 90 valence electrons. The SMILES string of the molecule is CCC(N)c1cnn(C2CCCCCC2)c1. The minimum atomic E-state index is 0.152. The maximum absolute atomic E-state index is 6.01. The first-order chi connectivity index (χ1) is 7.81. The van der Waals surface area contributed by atoms with E-state index in [1.54, 1.807) is 0 Å². The Kier molecular flexibility index (Phi) is 3.99. The summed E-state index contributed by atoms with van der Waals surface area (Å²) in [4.78, 5) is 0. The van der Waals surface area contributed by atoms with Crippen molar-refractivity contribution in [2.75, 3.05) is 0 Å². The molecule has 3 heteroatoms. The lowest BCUT2D eigenvalue weighted by molar-refractivity contribution is 0.405. The van der Waals surface area contributed by atoms with Crippen molar-refractivity contribution in [3.05, 3.63) is 18.0 Å². The molecule has 1 aromatic rings. The van der Waals surface area contributed by atoms with Crippen LogP contribution >= 0.6 is 0 Å². The molecule has 0 spiro atoms. The molecule has 0 saturated heterocycles. The Bertz CT molecular complexity index is 311. The Morgan fingerprint density at radius 3 is 2.69 bits per heavy atom. The van der Waals surface area contributed by atoms with E-state index in [1.807, 2.05) is 6.20 Å². The van der Waals surface area contributed by atoms with E-state index in [0.29, 0.717) is 6.04 Å². The summed E-state index contributed by atoms with van der Waals surface area (Å²) < 4.78 is 2.15. The highest BCUT2D eigenvalue weighted by Gasteiger charge is 2.16. The zero-order chi connectivity index (χ0) is 11.4. The summed E-state index contributed by atoms with van der Waals surface area (Å²) in [5.41, 5.74) is 7.20. The van der Waals surface area contributed by atoms with Gasteiger partial charge >= 0.3 is 0 Å². The summed E-state index contributed by atoms with van der Waals surface area (Å²) in [7, 11) is 0. The number of rotatable bonds is 3. The van der Waals surface area contributed by atoms with Gasteiger partial charge in [0.15, 0.2) is 0 Å². The van der Waals surface area contributed by atoms with Crippen LogP contribution in [-0.4, -0.2) is 9.78 Å². The summed E-state index contributed by atoms with van der Waals surface area (Å²) in [6, 6.07) is 0.764. The first-order valence-electron chi connectivity index (χ1n) is 6.61. The molecule has 1 heterocycles. The molecule has 16 heavy (non-hydrogen) atoms. The van der Waals surface area contributed by atoms with Crippen LogP contribution in [0, 0.1) is 0 Å². The first kappa shape index (κ1) is 11.6. The normalized spacial score (nSPS) is 20.6. The number of hydrogen-bond donors (Lipinski definition) is 1. The topological polar surface area (TPSA) is 43.8 Å². The van der Waals surface area contributed by atoms with Gasteiger partial charge in [0, 0.05) is 17.8 Å². The van der Waals surface area contributed by atoms with Crippen molar-refractivity contribution in [3.8, 4) is 0 Å². The predicted octanol–water partition coefficient (Wildman–Crippen LogP) is 3.19. The number of nitrogens with two attached hydrogens (primary N) is 1. The summed E-state index contributed by atoms with van der Waals surface area (Å²) in [6.45, 7) is 2.12. The van der Waals surface area contributed by atoms with Crippen molar-refractivity contribution < 1.29 is 0 Å². The van der Waals surface area contributed by atoms with Gasteiger partial charge in [-0.25, -0.2) is 0 Å². The molecule has 0 aliphatic heterocycles. The van der Waals surface area contributed by atoms with Gasteiger partial charge < -0.3 is 5.73 Å². The molecule has 1 aliphatic rings. The van der Waals surface area contributed by atoms with E-state index in [0.717, 1.165) is 6.42 Å². The van der Waals surface area contributed by atoms with E-state index in [2.05, 4.69) is 22.9 Å². The highest BCUT2D eigenvalue weighted by molar-refractivity contribution is 5.09. The first-order valence-corrected chi connectivity index (χ1v) is 6.61. The third-order valence-corrected chi connectivity index (χ3v) is 3.69. The van der Waals surface area contributed by atoms with E-state index in [-0.39, 0.29) is 6.04 Å². The molecule has 0 aromatic carbocycles. The lowest BCUT2D eigenvalue weighted by Gasteiger charge is -2.14. The van der Waals surface area contributed by atoms with Crippen LogP contribution in [0.5, 0.6) is 0 Å². The van der Waals surface area contributed by atoms with Crippen LogP contribution in [0.2, 0.25) is 0 Å². The number of hydrogen-bond acceptors (Lipinski definition) is 2. The zero-order valence-corrected chi connectivity index (χ0v) is 10.2. The monoisotopic (exact) mass is 221 g/mol. The fourth-order valence-electron chi connectivity index (χ4n) is 2.50. The second-order valence-electron chi connectivity index (χ2n) is 4.91. The highest BCUT2D eigenvalue weighted by atomic mass is 15.3. The van der Waals surface area contributed by atoms with E-state index in [9.17, 15) is 0 Å². The Morgan fingerprint density at radius 1 is 1.38 bits per heavy atom. The summed E-state index contributed by atoms with van der Waals surface area (Å²) in [6.07, 6.45) is 13.1. The van der Waals surface area contributed by atoms with E-state index in [4.69, 9.17) is 5.73 Å². The molecular weight excluding hydrogens is 198 g/mol. The summed E-state index contributed by atoms with van der Waals surface area (Å²) in [5.74, 6) is 0. The summed E-state index contributed by atoms with van der Waals surface area (Å²) in [5, 5.41) is 4.49. The molecule has 1 unspecified atom stereocenters. The molecule has 2 rings (SSSR count). The quantitative estimate of drug-likeness (QED) is 0.797. The zero-order valence-electron chi connectivity index (χ0n) is 10.2. The van der Waals surface area contributed by atoms with Gasteiger partial charge in [-0.3, -0.25) is 4.68 Å². The minimum Gasteiger partial charge on any atom is -0.324 e. The van der Waals surface area contributed by atoms with Gasteiger partial charge in [-0.15, -0.1) is 0 Å². The Labute approximate surface area is 98.0 Å². The van der Waals surface area contributed by atoms with Crippen LogP contribution in [0.4, 0.5) is 0 Å². The largest absolute Gasteiger partial charge is 0.324 e. The minimum absolute atomic E-state index is 0.152. The maximum Gasteiger partial charge on any atom is 0.0537 e. The predicted molar refractivity (Wildman–Crippen MR) is 66.2 cm³/mol. The highest BCUT2D eigenvalue weighted by Crippen LogP contribution is 2.27. The lowest BCUT2D eigenvalue weighted by atomic mass is 10.1. The molecule has 3 nitrogen and oxygen atoms in total. The summed E-state index contributed by atoms with van der Waals surface area (Å²) >= 11 is 0. The van der Waals surface area contributed by atoms with Gasteiger partial charge in [-0.05, 0) is 19.3 Å². The van der Waals surface area contributed by atoms with Crippen LogP contribution in [0.15, 0.2) is 12.4 Å². The van der Waals surface area contributed by atoms with E-state index >= 15 is 0 Å². The van der Waals surface area contributed by atoms with E-state index in [1.165, 1.54) is 44.1 Å². The number of aromatic nitrogens is 2. The van der Waals surface area contributed by atoms with Crippen molar-refractivity contribution in [2.45, 2.75) is 64.0 Å². The van der Waals surface area contributed by atoms with Gasteiger partial charge in [0.05, 0.1) is 12.2 Å². The van der Waals surface area contributed by atoms with Crippen molar-refractivity contribution in [2.24, 2.45) is 5.73 Å². The molecule has 0 radical (unpaired) electrons. The molecule has 1 aliphatic carbocycles. The van der Waals surface area contributed by atoms with Crippen molar-refractivity contribution in [1.29, 1.82) is 0 Å². The molecule has 0 amide bonds. The van der Waals surface area contributed by atoms with Crippen molar-refractivity contribution in [1.82, 2.24) is 9.78 Å². The third-order valence-electron chi connectivity index (χ3n) is 3.69. The van der Waals surface area contributed by atoms with Crippen LogP contribution in [0.3, 0.4) is 0 Å². The average molecular weight is 221 g/mol. The molecular formula is C13H23N3.